The number of morpholine rings is 1. The molecule has 5 heteroatoms. The van der Waals surface area contributed by atoms with E-state index in [9.17, 15) is 4.79 Å². The van der Waals surface area contributed by atoms with E-state index < -0.39 is 0 Å². The van der Waals surface area contributed by atoms with E-state index in [2.05, 4.69) is 18.7 Å². The van der Waals surface area contributed by atoms with Crippen LogP contribution in [0.3, 0.4) is 0 Å². The van der Waals surface area contributed by atoms with Gasteiger partial charge in [-0.3, -0.25) is 9.69 Å². The summed E-state index contributed by atoms with van der Waals surface area (Å²) in [6.07, 6.45) is 0.958. The molecule has 1 saturated heterocycles. The number of carbonyl (C=O) groups excluding carboxylic acids is 1. The van der Waals surface area contributed by atoms with E-state index in [-0.39, 0.29) is 12.1 Å². The van der Waals surface area contributed by atoms with Crippen LogP contribution in [-0.4, -0.2) is 56.4 Å². The van der Waals surface area contributed by atoms with Crippen molar-refractivity contribution in [1.82, 2.24) is 4.90 Å². The van der Waals surface area contributed by atoms with Gasteiger partial charge in [-0.05, 0) is 30.9 Å². The Balaban J connectivity index is 1.72. The third-order valence-corrected chi connectivity index (χ3v) is 4.15. The quantitative estimate of drug-likeness (QED) is 0.642. The summed E-state index contributed by atoms with van der Waals surface area (Å²) >= 11 is 0. The fourth-order valence-corrected chi connectivity index (χ4v) is 3.06. The van der Waals surface area contributed by atoms with Gasteiger partial charge in [0.05, 0.1) is 13.2 Å². The van der Waals surface area contributed by atoms with Crippen LogP contribution in [0.1, 0.15) is 32.8 Å². The largest absolute Gasteiger partial charge is 0.494 e. The Morgan fingerprint density at radius 2 is 2.16 bits per heavy atom. The number of nitrogens with zero attached hydrogens (tertiary/aromatic N) is 1. The molecule has 1 atom stereocenters. The summed E-state index contributed by atoms with van der Waals surface area (Å²) in [5.41, 5.74) is 1.04. The monoisotopic (exact) mass is 349 g/mol. The van der Waals surface area contributed by atoms with Gasteiger partial charge >= 0.3 is 5.97 Å². The predicted octanol–water partition coefficient (Wildman–Crippen LogP) is 2.92. The van der Waals surface area contributed by atoms with Crippen LogP contribution in [0.4, 0.5) is 0 Å². The van der Waals surface area contributed by atoms with Crippen molar-refractivity contribution in [2.75, 3.05) is 39.5 Å². The number of ether oxygens (including phenoxy) is 3. The van der Waals surface area contributed by atoms with E-state index in [1.807, 2.05) is 31.2 Å². The summed E-state index contributed by atoms with van der Waals surface area (Å²) in [7, 11) is 0. The van der Waals surface area contributed by atoms with Crippen LogP contribution in [0.5, 0.6) is 5.75 Å². The van der Waals surface area contributed by atoms with Crippen LogP contribution in [0.2, 0.25) is 0 Å². The van der Waals surface area contributed by atoms with Gasteiger partial charge in [-0.1, -0.05) is 32.0 Å². The van der Waals surface area contributed by atoms with E-state index in [1.54, 1.807) is 0 Å². The Morgan fingerprint density at radius 3 is 2.92 bits per heavy atom. The second-order valence-electron chi connectivity index (χ2n) is 6.87. The van der Waals surface area contributed by atoms with Crippen LogP contribution >= 0.6 is 0 Å². The third kappa shape index (κ3) is 7.04. The molecule has 2 rings (SSSR count). The van der Waals surface area contributed by atoms with Crippen LogP contribution in [0.25, 0.3) is 0 Å². The van der Waals surface area contributed by atoms with Crippen molar-refractivity contribution in [3.8, 4) is 5.75 Å². The normalized spacial score (nSPS) is 18.3. The minimum atomic E-state index is -0.184. The highest BCUT2D eigenvalue weighted by atomic mass is 16.6. The maximum atomic E-state index is 12.1. The van der Waals surface area contributed by atoms with Gasteiger partial charge in [-0.2, -0.15) is 0 Å². The molecule has 1 fully saturated rings. The molecular formula is C20H31NO4. The minimum Gasteiger partial charge on any atom is -0.494 e. The number of aryl methyl sites for hydroxylation is 1. The van der Waals surface area contributed by atoms with E-state index in [1.165, 1.54) is 0 Å². The van der Waals surface area contributed by atoms with Crippen molar-refractivity contribution in [3.63, 3.8) is 0 Å². The molecule has 1 aliphatic heterocycles. The van der Waals surface area contributed by atoms with Gasteiger partial charge in [0, 0.05) is 26.1 Å². The summed E-state index contributed by atoms with van der Waals surface area (Å²) < 4.78 is 16.7. The fraction of sp³-hybridized carbons (Fsp3) is 0.650. The van der Waals surface area contributed by atoms with Gasteiger partial charge < -0.3 is 14.2 Å². The van der Waals surface area contributed by atoms with Crippen LogP contribution in [-0.2, 0) is 20.7 Å². The summed E-state index contributed by atoms with van der Waals surface area (Å²) in [5, 5.41) is 0. The average Bonchev–Trinajstić information content (AvgIpc) is 2.59. The Hall–Kier alpha value is -1.59. The van der Waals surface area contributed by atoms with E-state index in [4.69, 9.17) is 14.2 Å². The molecule has 0 spiro atoms. The molecule has 25 heavy (non-hydrogen) atoms. The van der Waals surface area contributed by atoms with Crippen molar-refractivity contribution in [2.24, 2.45) is 5.92 Å². The average molecular weight is 349 g/mol. The lowest BCUT2D eigenvalue weighted by atomic mass is 10.1. The maximum Gasteiger partial charge on any atom is 0.306 e. The second-order valence-corrected chi connectivity index (χ2v) is 6.87. The topological polar surface area (TPSA) is 48.0 Å². The number of para-hydroxylation sites is 1. The van der Waals surface area contributed by atoms with Crippen molar-refractivity contribution < 1.29 is 19.0 Å². The summed E-state index contributed by atoms with van der Waals surface area (Å²) in [6.45, 7) is 10.9. The molecule has 140 valence electrons. The lowest BCUT2D eigenvalue weighted by Gasteiger charge is -2.33. The van der Waals surface area contributed by atoms with E-state index >= 15 is 0 Å². The van der Waals surface area contributed by atoms with Gasteiger partial charge in [-0.25, -0.2) is 0 Å². The van der Waals surface area contributed by atoms with E-state index in [0.29, 0.717) is 38.6 Å². The first-order chi connectivity index (χ1) is 12.1. The van der Waals surface area contributed by atoms with E-state index in [0.717, 1.165) is 30.9 Å². The molecule has 0 bridgehead atoms. The zero-order valence-electron chi connectivity index (χ0n) is 15.7. The molecule has 1 heterocycles. The summed E-state index contributed by atoms with van der Waals surface area (Å²) in [6, 6.07) is 7.83. The maximum absolute atomic E-state index is 12.1. The van der Waals surface area contributed by atoms with Crippen molar-refractivity contribution in [1.29, 1.82) is 0 Å². The molecule has 0 amide bonds. The molecule has 0 radical (unpaired) electrons. The number of hydrogen-bond acceptors (Lipinski definition) is 5. The number of hydrogen-bond donors (Lipinski definition) is 0. The zero-order chi connectivity index (χ0) is 18.1. The van der Waals surface area contributed by atoms with Gasteiger partial charge in [0.25, 0.3) is 0 Å². The Kier molecular flexibility index (Phi) is 8.22. The molecule has 1 aliphatic rings. The van der Waals surface area contributed by atoms with Crippen molar-refractivity contribution in [3.05, 3.63) is 29.8 Å². The molecular weight excluding hydrogens is 318 g/mol. The molecule has 1 aromatic rings. The molecule has 0 N–H and O–H groups in total. The first-order valence-electron chi connectivity index (χ1n) is 9.28. The Labute approximate surface area is 151 Å². The van der Waals surface area contributed by atoms with Gasteiger partial charge in [0.15, 0.2) is 0 Å². The minimum absolute atomic E-state index is 0.0211. The number of esters is 1. The van der Waals surface area contributed by atoms with Crippen LogP contribution < -0.4 is 4.74 Å². The fourth-order valence-electron chi connectivity index (χ4n) is 3.06. The SMILES string of the molecule is CCOc1ccccc1CCC(=O)OCC1CN(CC(C)C)CCO1. The number of benzene rings is 1. The Bertz CT molecular complexity index is 532. The third-order valence-electron chi connectivity index (χ3n) is 4.15. The first-order valence-corrected chi connectivity index (χ1v) is 9.28. The number of carbonyl (C=O) groups is 1. The van der Waals surface area contributed by atoms with Gasteiger partial charge in [0.2, 0.25) is 0 Å². The smallest absolute Gasteiger partial charge is 0.306 e. The molecule has 0 aromatic heterocycles. The Morgan fingerprint density at radius 1 is 1.36 bits per heavy atom. The standard InChI is InChI=1S/C20H31NO4/c1-4-23-19-8-6-5-7-17(19)9-10-20(22)25-15-18-14-21(11-12-24-18)13-16(2)3/h5-8,16,18H,4,9-15H2,1-3H3. The summed E-state index contributed by atoms with van der Waals surface area (Å²) in [4.78, 5) is 14.4. The molecule has 1 aromatic carbocycles. The van der Waals surface area contributed by atoms with Gasteiger partial charge in [0.1, 0.15) is 18.5 Å². The highest BCUT2D eigenvalue weighted by Crippen LogP contribution is 2.19. The van der Waals surface area contributed by atoms with Crippen LogP contribution in [0, 0.1) is 5.92 Å². The number of rotatable bonds is 9. The van der Waals surface area contributed by atoms with Gasteiger partial charge in [-0.15, -0.1) is 0 Å². The second kappa shape index (κ2) is 10.4. The van der Waals surface area contributed by atoms with Crippen molar-refractivity contribution >= 4 is 5.97 Å². The molecule has 0 saturated carbocycles. The predicted molar refractivity (Wildman–Crippen MR) is 97.9 cm³/mol. The first kappa shape index (κ1) is 19.7. The highest BCUT2D eigenvalue weighted by molar-refractivity contribution is 5.69. The molecule has 0 aliphatic carbocycles. The van der Waals surface area contributed by atoms with Crippen LogP contribution in [0.15, 0.2) is 24.3 Å². The van der Waals surface area contributed by atoms with Crippen molar-refractivity contribution in [2.45, 2.75) is 39.7 Å². The highest BCUT2D eigenvalue weighted by Gasteiger charge is 2.22. The molecule has 5 nitrogen and oxygen atoms in total. The lowest BCUT2D eigenvalue weighted by Crippen LogP contribution is -2.45. The summed E-state index contributed by atoms with van der Waals surface area (Å²) in [5.74, 6) is 1.29. The lowest BCUT2D eigenvalue weighted by molar-refractivity contribution is -0.150. The molecule has 1 unspecified atom stereocenters. The zero-order valence-corrected chi connectivity index (χ0v) is 15.7.